The minimum Gasteiger partial charge on any atom is -0.478 e. The van der Waals surface area contributed by atoms with Gasteiger partial charge < -0.3 is 15.1 Å². The molecule has 1 atom stereocenters. The minimum absolute atomic E-state index is 0.00475. The smallest absolute Gasteiger partial charge is 0.338 e. The lowest BCUT2D eigenvalue weighted by atomic mass is 9.95. The van der Waals surface area contributed by atoms with Crippen molar-refractivity contribution in [3.8, 4) is 0 Å². The van der Waals surface area contributed by atoms with Crippen LogP contribution >= 0.6 is 0 Å². The average molecular weight is 254 g/mol. The van der Waals surface area contributed by atoms with Crippen molar-refractivity contribution < 1.29 is 19.4 Å². The van der Waals surface area contributed by atoms with Gasteiger partial charge in [0.15, 0.2) is 11.6 Å². The van der Waals surface area contributed by atoms with Gasteiger partial charge in [-0.2, -0.15) is 0 Å². The van der Waals surface area contributed by atoms with E-state index in [1.54, 1.807) is 11.8 Å². The molecule has 98 valence electrons. The van der Waals surface area contributed by atoms with Crippen molar-refractivity contribution in [1.82, 2.24) is 4.98 Å². The van der Waals surface area contributed by atoms with E-state index >= 15 is 0 Å². The van der Waals surface area contributed by atoms with E-state index in [1.165, 1.54) is 6.20 Å². The van der Waals surface area contributed by atoms with Gasteiger partial charge in [-0.05, 0) is 25.8 Å². The molecule has 1 fully saturated rings. The molecule has 1 unspecified atom stereocenters. The summed E-state index contributed by atoms with van der Waals surface area (Å²) in [5.74, 6) is -2.17. The fourth-order valence-corrected chi connectivity index (χ4v) is 2.22. The largest absolute Gasteiger partial charge is 0.478 e. The number of hydrogen-bond acceptors (Lipinski definition) is 4. The fourth-order valence-electron chi connectivity index (χ4n) is 2.22. The molecule has 2 N–H and O–H groups in total. The summed E-state index contributed by atoms with van der Waals surface area (Å²) in [7, 11) is 0. The molecule has 2 heterocycles. The number of rotatable bonds is 2. The van der Waals surface area contributed by atoms with Gasteiger partial charge in [-0.1, -0.05) is 0 Å². The maximum atomic E-state index is 14.0. The molecule has 0 saturated carbocycles. The topological polar surface area (TPSA) is 73.7 Å². The molecule has 1 aliphatic rings. The standard InChI is InChI=1S/C12H15FN2O3/c1-12(18)4-2-6-15(7-12)10-9(13)8(11(16)17)3-5-14-10/h3,5,18H,2,4,6-7H2,1H3,(H,16,17). The second-order valence-electron chi connectivity index (χ2n) is 4.82. The Morgan fingerprint density at radius 1 is 1.61 bits per heavy atom. The van der Waals surface area contributed by atoms with Gasteiger partial charge in [-0.25, -0.2) is 14.2 Å². The maximum Gasteiger partial charge on any atom is 0.338 e. The highest BCUT2D eigenvalue weighted by Crippen LogP contribution is 2.27. The average Bonchev–Trinajstić information content (AvgIpc) is 2.27. The third kappa shape index (κ3) is 2.43. The number of anilines is 1. The summed E-state index contributed by atoms with van der Waals surface area (Å²) in [5.41, 5.74) is -1.30. The highest BCUT2D eigenvalue weighted by Gasteiger charge is 2.31. The van der Waals surface area contributed by atoms with Gasteiger partial charge >= 0.3 is 5.97 Å². The first-order chi connectivity index (χ1) is 8.41. The van der Waals surface area contributed by atoms with Gasteiger partial charge in [-0.15, -0.1) is 0 Å². The fraction of sp³-hybridized carbons (Fsp3) is 0.500. The number of pyridine rings is 1. The summed E-state index contributed by atoms with van der Waals surface area (Å²) < 4.78 is 14.0. The molecule has 0 aromatic carbocycles. The Hall–Kier alpha value is -1.69. The third-order valence-electron chi connectivity index (χ3n) is 3.08. The minimum atomic E-state index is -1.32. The molecule has 6 heteroatoms. The summed E-state index contributed by atoms with van der Waals surface area (Å²) in [4.78, 5) is 16.3. The molecule has 0 amide bonds. The Morgan fingerprint density at radius 2 is 2.33 bits per heavy atom. The molecule has 5 nitrogen and oxygen atoms in total. The van der Waals surface area contributed by atoms with E-state index < -0.39 is 23.0 Å². The second-order valence-corrected chi connectivity index (χ2v) is 4.82. The zero-order valence-corrected chi connectivity index (χ0v) is 10.1. The number of aromatic nitrogens is 1. The first-order valence-electron chi connectivity index (χ1n) is 5.76. The lowest BCUT2D eigenvalue weighted by Gasteiger charge is -2.37. The maximum absolute atomic E-state index is 14.0. The van der Waals surface area contributed by atoms with Crippen molar-refractivity contribution in [1.29, 1.82) is 0 Å². The summed E-state index contributed by atoms with van der Waals surface area (Å²) in [6.45, 7) is 2.49. The van der Waals surface area contributed by atoms with Crippen molar-refractivity contribution in [3.05, 3.63) is 23.6 Å². The lowest BCUT2D eigenvalue weighted by Crippen LogP contribution is -2.46. The first-order valence-corrected chi connectivity index (χ1v) is 5.76. The molecule has 1 aromatic heterocycles. The van der Waals surface area contributed by atoms with Gasteiger partial charge in [-0.3, -0.25) is 0 Å². The number of aromatic carboxylic acids is 1. The summed E-state index contributed by atoms with van der Waals surface area (Å²) in [6.07, 6.45) is 2.63. The summed E-state index contributed by atoms with van der Waals surface area (Å²) >= 11 is 0. The van der Waals surface area contributed by atoms with Crippen molar-refractivity contribution in [3.63, 3.8) is 0 Å². The predicted octanol–water partition coefficient (Wildman–Crippen LogP) is 1.27. The van der Waals surface area contributed by atoms with Crippen molar-refractivity contribution >= 4 is 11.8 Å². The highest BCUT2D eigenvalue weighted by molar-refractivity contribution is 5.88. The molecule has 1 aromatic rings. The molecule has 0 spiro atoms. The van der Waals surface area contributed by atoms with Crippen LogP contribution in [-0.4, -0.2) is 39.9 Å². The van der Waals surface area contributed by atoms with E-state index in [4.69, 9.17) is 5.11 Å². The molecular weight excluding hydrogens is 239 g/mol. The first kappa shape index (κ1) is 12.8. The highest BCUT2D eigenvalue weighted by atomic mass is 19.1. The quantitative estimate of drug-likeness (QED) is 0.831. The Labute approximate surface area is 104 Å². The molecule has 1 saturated heterocycles. The van der Waals surface area contributed by atoms with Crippen LogP contribution in [0.3, 0.4) is 0 Å². The second kappa shape index (κ2) is 4.53. The Kier molecular flexibility index (Phi) is 3.21. The van der Waals surface area contributed by atoms with Gasteiger partial charge in [0.2, 0.25) is 0 Å². The van der Waals surface area contributed by atoms with Gasteiger partial charge in [0.1, 0.15) is 5.56 Å². The van der Waals surface area contributed by atoms with E-state index in [9.17, 15) is 14.3 Å². The predicted molar refractivity (Wildman–Crippen MR) is 63.2 cm³/mol. The number of aliphatic hydroxyl groups is 1. The van der Waals surface area contributed by atoms with E-state index in [1.807, 2.05) is 0 Å². The van der Waals surface area contributed by atoms with Crippen LogP contribution in [0.1, 0.15) is 30.1 Å². The number of carboxylic acids is 1. The van der Waals surface area contributed by atoms with Gasteiger partial charge in [0.25, 0.3) is 0 Å². The van der Waals surface area contributed by atoms with E-state index in [2.05, 4.69) is 4.98 Å². The van der Waals surface area contributed by atoms with Crippen LogP contribution in [0.2, 0.25) is 0 Å². The zero-order chi connectivity index (χ0) is 13.3. The van der Waals surface area contributed by atoms with Crippen LogP contribution in [-0.2, 0) is 0 Å². The Balaban J connectivity index is 2.34. The van der Waals surface area contributed by atoms with E-state index in [0.29, 0.717) is 19.4 Å². The number of carboxylic acid groups (broad SMARTS) is 1. The number of β-amino-alcohol motifs (C(OH)–C–C–N with tert-alkyl or cyclic N) is 1. The molecule has 18 heavy (non-hydrogen) atoms. The lowest BCUT2D eigenvalue weighted by molar-refractivity contribution is 0.0445. The SMILES string of the molecule is CC1(O)CCCN(c2nccc(C(=O)O)c2F)C1. The van der Waals surface area contributed by atoms with E-state index in [0.717, 1.165) is 6.07 Å². The molecule has 2 rings (SSSR count). The monoisotopic (exact) mass is 254 g/mol. The summed E-state index contributed by atoms with van der Waals surface area (Å²) in [6, 6.07) is 1.13. The van der Waals surface area contributed by atoms with Crippen LogP contribution in [0.15, 0.2) is 12.3 Å². The van der Waals surface area contributed by atoms with Crippen molar-refractivity contribution in [2.75, 3.05) is 18.0 Å². The number of nitrogens with zero attached hydrogens (tertiary/aromatic N) is 2. The molecule has 0 radical (unpaired) electrons. The van der Waals surface area contributed by atoms with Gasteiger partial charge in [0, 0.05) is 19.3 Å². The van der Waals surface area contributed by atoms with Gasteiger partial charge in [0.05, 0.1) is 5.60 Å². The number of halogens is 1. The van der Waals surface area contributed by atoms with Crippen LogP contribution in [0.4, 0.5) is 10.2 Å². The van der Waals surface area contributed by atoms with Crippen molar-refractivity contribution in [2.45, 2.75) is 25.4 Å². The zero-order valence-electron chi connectivity index (χ0n) is 10.1. The normalized spacial score (nSPS) is 24.1. The molecule has 0 aliphatic carbocycles. The molecule has 0 bridgehead atoms. The number of carbonyl (C=O) groups is 1. The molecule has 1 aliphatic heterocycles. The van der Waals surface area contributed by atoms with Crippen LogP contribution in [0.25, 0.3) is 0 Å². The third-order valence-corrected chi connectivity index (χ3v) is 3.08. The number of hydrogen-bond donors (Lipinski definition) is 2. The molecular formula is C12H15FN2O3. The van der Waals surface area contributed by atoms with Crippen molar-refractivity contribution in [2.24, 2.45) is 0 Å². The van der Waals surface area contributed by atoms with E-state index in [-0.39, 0.29) is 12.4 Å². The van der Waals surface area contributed by atoms with Crippen LogP contribution < -0.4 is 4.90 Å². The Bertz CT molecular complexity index is 476. The summed E-state index contributed by atoms with van der Waals surface area (Å²) in [5, 5.41) is 18.8. The van der Waals surface area contributed by atoms with Crippen LogP contribution in [0.5, 0.6) is 0 Å². The van der Waals surface area contributed by atoms with Crippen LogP contribution in [0, 0.1) is 5.82 Å². The number of piperidine rings is 1. The Morgan fingerprint density at radius 3 is 2.94 bits per heavy atom.